The molecule has 2 aliphatic rings. The second-order valence-electron chi connectivity index (χ2n) is 9.04. The van der Waals surface area contributed by atoms with Crippen molar-refractivity contribution in [2.24, 2.45) is 0 Å². The largest absolute Gasteiger partial charge is 0.459 e. The normalized spacial score (nSPS) is 11.0. The van der Waals surface area contributed by atoms with E-state index >= 15 is 0 Å². The first-order valence-electron chi connectivity index (χ1n) is 13.1. The number of rotatable bonds is 8. The number of fused-ring (bicyclic) bond motifs is 4. The molecule has 5 rings (SSSR count). The van der Waals surface area contributed by atoms with Crippen LogP contribution in [0.25, 0.3) is 44.2 Å². The van der Waals surface area contributed by atoms with E-state index in [1.807, 2.05) is 36.4 Å². The number of esters is 2. The first kappa shape index (κ1) is 25.9. The molecule has 0 saturated carbocycles. The minimum absolute atomic E-state index is 0.0480. The molecule has 1 aliphatic heterocycles. The van der Waals surface area contributed by atoms with Gasteiger partial charge in [0.1, 0.15) is 37.6 Å². The number of carbonyl (C=O) groups is 2. The average molecular weight is 521 g/mol. The lowest BCUT2D eigenvalue weighted by Gasteiger charge is -2.18. The molecule has 39 heavy (non-hydrogen) atoms. The Balaban J connectivity index is 1.74. The summed E-state index contributed by atoms with van der Waals surface area (Å²) in [4.78, 5) is 24.6. The Morgan fingerprint density at radius 2 is 1.62 bits per heavy atom. The van der Waals surface area contributed by atoms with Gasteiger partial charge >= 0.3 is 11.9 Å². The van der Waals surface area contributed by atoms with Crippen molar-refractivity contribution in [3.63, 3.8) is 0 Å². The Kier molecular flexibility index (Phi) is 7.55. The molecule has 0 fully saturated rings. The SMILES string of the molecule is C=CC(=O)OCCOC(=O)c1ccccc1-c1c2ccc(=[N+](CC)CC)cc-2oc2ccc3ccccc3c12. The van der Waals surface area contributed by atoms with E-state index in [1.54, 1.807) is 6.07 Å². The molecule has 0 amide bonds. The van der Waals surface area contributed by atoms with Crippen LogP contribution in [0.1, 0.15) is 24.2 Å². The zero-order valence-corrected chi connectivity index (χ0v) is 22.1. The molecule has 3 aromatic rings. The molecular formula is C33H30NO5+. The fourth-order valence-corrected chi connectivity index (χ4v) is 5.01. The Labute approximate surface area is 226 Å². The maximum absolute atomic E-state index is 13.3. The van der Waals surface area contributed by atoms with Crippen LogP contribution in [0.5, 0.6) is 0 Å². The zero-order chi connectivity index (χ0) is 27.4. The van der Waals surface area contributed by atoms with Gasteiger partial charge in [-0.15, -0.1) is 0 Å². The number of hydrogen-bond acceptors (Lipinski definition) is 5. The van der Waals surface area contributed by atoms with Crippen molar-refractivity contribution in [2.75, 3.05) is 26.3 Å². The molecule has 0 spiro atoms. The van der Waals surface area contributed by atoms with Crippen LogP contribution in [0.4, 0.5) is 0 Å². The minimum Gasteiger partial charge on any atom is -0.459 e. The molecule has 1 heterocycles. The first-order valence-corrected chi connectivity index (χ1v) is 13.1. The van der Waals surface area contributed by atoms with Crippen molar-refractivity contribution in [2.45, 2.75) is 13.8 Å². The van der Waals surface area contributed by atoms with E-state index in [4.69, 9.17) is 13.9 Å². The minimum atomic E-state index is -0.562. The van der Waals surface area contributed by atoms with E-state index in [0.717, 1.165) is 68.7 Å². The van der Waals surface area contributed by atoms with Gasteiger partial charge in [-0.2, -0.15) is 0 Å². The van der Waals surface area contributed by atoms with E-state index in [0.29, 0.717) is 5.56 Å². The van der Waals surface area contributed by atoms with Gasteiger partial charge in [-0.25, -0.2) is 14.2 Å². The molecule has 196 valence electrons. The molecule has 6 heteroatoms. The van der Waals surface area contributed by atoms with Crippen LogP contribution in [-0.4, -0.2) is 38.2 Å². The molecule has 0 aromatic heterocycles. The second-order valence-corrected chi connectivity index (χ2v) is 9.04. The predicted molar refractivity (Wildman–Crippen MR) is 154 cm³/mol. The summed E-state index contributed by atoms with van der Waals surface area (Å²) >= 11 is 0. The first-order chi connectivity index (χ1) is 19.0. The van der Waals surface area contributed by atoms with Gasteiger partial charge < -0.3 is 13.9 Å². The quantitative estimate of drug-likeness (QED) is 0.0622. The number of nitrogens with zero attached hydrogens (tertiary/aromatic N) is 1. The highest BCUT2D eigenvalue weighted by Crippen LogP contribution is 2.43. The summed E-state index contributed by atoms with van der Waals surface area (Å²) < 4.78 is 19.2. The lowest BCUT2D eigenvalue weighted by Crippen LogP contribution is -2.29. The Morgan fingerprint density at radius 1 is 0.872 bits per heavy atom. The van der Waals surface area contributed by atoms with Crippen LogP contribution in [0, 0.1) is 0 Å². The van der Waals surface area contributed by atoms with Gasteiger partial charge in [0.2, 0.25) is 5.36 Å². The van der Waals surface area contributed by atoms with Crippen LogP contribution in [0.3, 0.4) is 0 Å². The molecule has 6 nitrogen and oxygen atoms in total. The maximum Gasteiger partial charge on any atom is 0.338 e. The molecule has 0 bridgehead atoms. The molecule has 0 saturated heterocycles. The van der Waals surface area contributed by atoms with Crippen LogP contribution in [0.15, 0.2) is 95.9 Å². The maximum atomic E-state index is 13.3. The third kappa shape index (κ3) is 5.06. The molecular weight excluding hydrogens is 490 g/mol. The van der Waals surface area contributed by atoms with Crippen LogP contribution in [-0.2, 0) is 14.3 Å². The molecule has 3 aromatic carbocycles. The van der Waals surface area contributed by atoms with E-state index in [2.05, 4.69) is 61.4 Å². The van der Waals surface area contributed by atoms with Crippen molar-refractivity contribution in [1.82, 2.24) is 4.58 Å². The molecule has 0 radical (unpaired) electrons. The zero-order valence-electron chi connectivity index (χ0n) is 22.1. The summed E-state index contributed by atoms with van der Waals surface area (Å²) in [5.41, 5.74) is 3.69. The summed E-state index contributed by atoms with van der Waals surface area (Å²) in [6.07, 6.45) is 1.07. The third-order valence-electron chi connectivity index (χ3n) is 6.87. The molecule has 1 aliphatic carbocycles. The number of hydrogen-bond donors (Lipinski definition) is 0. The number of carbonyl (C=O) groups excluding carboxylic acids is 2. The topological polar surface area (TPSA) is 68.8 Å². The Morgan fingerprint density at radius 3 is 2.41 bits per heavy atom. The summed E-state index contributed by atoms with van der Waals surface area (Å²) in [5.74, 6) is -0.326. The van der Waals surface area contributed by atoms with Gasteiger partial charge in [0.05, 0.1) is 11.6 Å². The highest BCUT2D eigenvalue weighted by molar-refractivity contribution is 6.17. The predicted octanol–water partition coefficient (Wildman–Crippen LogP) is 6.06. The lowest BCUT2D eigenvalue weighted by atomic mass is 9.89. The highest BCUT2D eigenvalue weighted by atomic mass is 16.6. The molecule has 0 atom stereocenters. The summed E-state index contributed by atoms with van der Waals surface area (Å²) in [6.45, 7) is 9.28. The highest BCUT2D eigenvalue weighted by Gasteiger charge is 2.24. The van der Waals surface area contributed by atoms with Crippen LogP contribution in [0.2, 0.25) is 0 Å². The number of benzene rings is 4. The average Bonchev–Trinajstić information content (AvgIpc) is 2.98. The molecule has 0 unspecified atom stereocenters. The smallest absolute Gasteiger partial charge is 0.338 e. The monoisotopic (exact) mass is 520 g/mol. The van der Waals surface area contributed by atoms with Crippen molar-refractivity contribution in [3.8, 4) is 22.5 Å². The molecule has 0 N–H and O–H groups in total. The Hall–Kier alpha value is -4.71. The standard InChI is InChI=1S/C33H30NO5/c1-4-30(35)37-19-20-38-33(36)26-14-10-9-13-25(26)31-27-17-16-23(34(5-2)6-3)21-29(27)39-28-18-15-22-11-7-8-12-24(22)32(28)31/h4,7-18,21H,1,5-6,19-20H2,2-3H3/q+1. The van der Waals surface area contributed by atoms with Gasteiger partial charge in [-0.05, 0) is 48.4 Å². The van der Waals surface area contributed by atoms with Crippen molar-refractivity contribution < 1.29 is 23.5 Å². The fraction of sp³-hybridized carbons (Fsp3) is 0.182. The third-order valence-corrected chi connectivity index (χ3v) is 6.87. The van der Waals surface area contributed by atoms with Crippen LogP contribution >= 0.6 is 0 Å². The second kappa shape index (κ2) is 11.4. The van der Waals surface area contributed by atoms with Gasteiger partial charge in [0, 0.05) is 28.7 Å². The number of ether oxygens (including phenoxy) is 2. The van der Waals surface area contributed by atoms with E-state index in [1.165, 1.54) is 0 Å². The lowest BCUT2D eigenvalue weighted by molar-refractivity contribution is -0.138. The van der Waals surface area contributed by atoms with Crippen molar-refractivity contribution in [3.05, 3.63) is 102 Å². The van der Waals surface area contributed by atoms with Crippen LogP contribution < -0.4 is 9.93 Å². The van der Waals surface area contributed by atoms with E-state index in [9.17, 15) is 9.59 Å². The van der Waals surface area contributed by atoms with Gasteiger partial charge in [0.25, 0.3) is 0 Å². The summed E-state index contributed by atoms with van der Waals surface area (Å²) in [6, 6.07) is 25.8. The van der Waals surface area contributed by atoms with Gasteiger partial charge in [0.15, 0.2) is 0 Å². The summed E-state index contributed by atoms with van der Waals surface area (Å²) in [7, 11) is 0. The van der Waals surface area contributed by atoms with Gasteiger partial charge in [-0.1, -0.05) is 55.1 Å². The van der Waals surface area contributed by atoms with E-state index < -0.39 is 11.9 Å². The summed E-state index contributed by atoms with van der Waals surface area (Å²) in [5, 5.41) is 4.10. The van der Waals surface area contributed by atoms with Crippen molar-refractivity contribution >= 4 is 33.7 Å². The van der Waals surface area contributed by atoms with E-state index in [-0.39, 0.29) is 13.2 Å². The van der Waals surface area contributed by atoms with Gasteiger partial charge in [-0.3, -0.25) is 0 Å². The van der Waals surface area contributed by atoms with Crippen molar-refractivity contribution in [1.29, 1.82) is 0 Å². The Bertz CT molecular complexity index is 1740. The fourth-order valence-electron chi connectivity index (χ4n) is 5.01.